The number of carbonyl (C=O) groups excluding carboxylic acids is 4. The molecule has 0 aromatic heterocycles. The van der Waals surface area contributed by atoms with Crippen LogP contribution < -0.4 is 9.47 Å². The quantitative estimate of drug-likeness (QED) is 0.0568. The number of fused-ring (bicyclic) bond motifs is 2. The third-order valence-corrected chi connectivity index (χ3v) is 13.3. The second-order valence-electron chi connectivity index (χ2n) is 18.0. The molecule has 0 unspecified atom stereocenters. The number of hydrogen-bond donors (Lipinski definition) is 0. The highest BCUT2D eigenvalue weighted by molar-refractivity contribution is 6.22. The van der Waals surface area contributed by atoms with Gasteiger partial charge in [-0.2, -0.15) is 0 Å². The van der Waals surface area contributed by atoms with E-state index in [-0.39, 0.29) is 35.7 Å². The van der Waals surface area contributed by atoms with E-state index in [4.69, 9.17) is 9.47 Å². The van der Waals surface area contributed by atoms with Crippen molar-refractivity contribution in [2.45, 2.75) is 167 Å². The number of hydrogen-bond acceptors (Lipinski definition) is 6. The summed E-state index contributed by atoms with van der Waals surface area (Å²) in [6.45, 7) is 5.62. The summed E-state index contributed by atoms with van der Waals surface area (Å²) in [6.07, 6.45) is 31.9. The van der Waals surface area contributed by atoms with Gasteiger partial charge in [0.15, 0.2) is 0 Å². The van der Waals surface area contributed by atoms with Gasteiger partial charge in [-0.15, -0.1) is 0 Å². The average molecular weight is 841 g/mol. The van der Waals surface area contributed by atoms with E-state index in [1.165, 1.54) is 61.2 Å². The fraction of sp³-hybridized carbons (Fsp3) is 0.519. The normalized spacial score (nSPS) is 17.3. The Labute approximate surface area is 370 Å². The molecule has 3 aromatic rings. The Morgan fingerprint density at radius 1 is 0.452 bits per heavy atom. The summed E-state index contributed by atoms with van der Waals surface area (Å²) < 4.78 is 13.1. The lowest BCUT2D eigenvalue weighted by molar-refractivity contribution is 0.0533. The molecule has 4 amide bonds. The lowest BCUT2D eigenvalue weighted by atomic mass is 9.94. The van der Waals surface area contributed by atoms with Crippen LogP contribution >= 0.6 is 0 Å². The van der Waals surface area contributed by atoms with Crippen molar-refractivity contribution in [3.63, 3.8) is 0 Å². The Kier molecular flexibility index (Phi) is 16.3. The van der Waals surface area contributed by atoms with Crippen molar-refractivity contribution in [3.05, 3.63) is 93.0 Å². The first-order valence-corrected chi connectivity index (χ1v) is 24.2. The lowest BCUT2D eigenvalue weighted by Crippen LogP contribution is -2.40. The van der Waals surface area contributed by atoms with Crippen LogP contribution in [0.3, 0.4) is 0 Å². The van der Waals surface area contributed by atoms with Crippen LogP contribution in [0.2, 0.25) is 0 Å². The molecule has 2 aliphatic carbocycles. The Morgan fingerprint density at radius 3 is 1.23 bits per heavy atom. The van der Waals surface area contributed by atoms with E-state index in [1.807, 2.05) is 60.7 Å². The summed E-state index contributed by atoms with van der Waals surface area (Å²) in [7, 11) is 0. The molecule has 62 heavy (non-hydrogen) atoms. The van der Waals surface area contributed by atoms with Crippen molar-refractivity contribution in [2.24, 2.45) is 0 Å². The van der Waals surface area contributed by atoms with Gasteiger partial charge >= 0.3 is 0 Å². The first-order valence-electron chi connectivity index (χ1n) is 24.2. The van der Waals surface area contributed by atoms with Crippen molar-refractivity contribution in [2.75, 3.05) is 13.2 Å². The van der Waals surface area contributed by atoms with Crippen molar-refractivity contribution >= 4 is 47.9 Å². The van der Waals surface area contributed by atoms with E-state index >= 15 is 0 Å². The molecule has 7 rings (SSSR count). The van der Waals surface area contributed by atoms with Crippen LogP contribution in [0.25, 0.3) is 24.3 Å². The number of unbranched alkanes of at least 4 members (excludes halogenated alkanes) is 10. The molecule has 2 fully saturated rings. The number of amides is 4. The third-order valence-electron chi connectivity index (χ3n) is 13.3. The Balaban J connectivity index is 1.16. The summed E-state index contributed by atoms with van der Waals surface area (Å²) >= 11 is 0. The minimum atomic E-state index is -0.183. The van der Waals surface area contributed by atoms with Crippen LogP contribution in [0.5, 0.6) is 11.5 Å². The molecular formula is C54H68N2O6. The van der Waals surface area contributed by atoms with Crippen molar-refractivity contribution < 1.29 is 28.7 Å². The summed E-state index contributed by atoms with van der Waals surface area (Å²) in [5.41, 5.74) is 5.33. The maximum absolute atomic E-state index is 13.6. The maximum atomic E-state index is 13.6. The number of imide groups is 2. The van der Waals surface area contributed by atoms with E-state index in [9.17, 15) is 19.2 Å². The number of nitrogens with zero attached hydrogens (tertiary/aromatic N) is 2. The number of rotatable bonds is 22. The molecule has 0 N–H and O–H groups in total. The van der Waals surface area contributed by atoms with Crippen LogP contribution in [-0.4, -0.2) is 58.7 Å². The molecule has 0 atom stereocenters. The van der Waals surface area contributed by atoms with Crippen LogP contribution in [-0.2, 0) is 0 Å². The molecular weight excluding hydrogens is 773 g/mol. The molecule has 0 saturated heterocycles. The molecule has 8 heteroatoms. The first-order chi connectivity index (χ1) is 30.4. The molecule has 4 aliphatic rings. The zero-order chi connectivity index (χ0) is 43.3. The van der Waals surface area contributed by atoms with Gasteiger partial charge in [0, 0.05) is 23.2 Å². The van der Waals surface area contributed by atoms with Gasteiger partial charge in [0.25, 0.3) is 23.6 Å². The first kappa shape index (κ1) is 45.1. The number of benzene rings is 3. The third kappa shape index (κ3) is 11.0. The number of ether oxygens (including phenoxy) is 2. The van der Waals surface area contributed by atoms with Gasteiger partial charge in [-0.1, -0.05) is 153 Å². The molecule has 0 spiro atoms. The fourth-order valence-corrected chi connectivity index (χ4v) is 9.71. The van der Waals surface area contributed by atoms with Crippen molar-refractivity contribution in [3.8, 4) is 11.5 Å². The second kappa shape index (κ2) is 22.4. The highest BCUT2D eigenvalue weighted by Gasteiger charge is 2.41. The Bertz CT molecular complexity index is 1960. The van der Waals surface area contributed by atoms with Crippen LogP contribution in [0.1, 0.15) is 219 Å². The summed E-state index contributed by atoms with van der Waals surface area (Å²) in [5, 5.41) is 0. The van der Waals surface area contributed by atoms with Gasteiger partial charge in [-0.05, 0) is 86.1 Å². The fourth-order valence-electron chi connectivity index (χ4n) is 9.71. The van der Waals surface area contributed by atoms with Crippen molar-refractivity contribution in [1.29, 1.82) is 0 Å². The molecule has 2 heterocycles. The highest BCUT2D eigenvalue weighted by atomic mass is 16.5. The Hall–Kier alpha value is -4.98. The lowest BCUT2D eigenvalue weighted by Gasteiger charge is -2.29. The largest absolute Gasteiger partial charge is 0.493 e. The smallest absolute Gasteiger partial charge is 0.261 e. The van der Waals surface area contributed by atoms with Gasteiger partial charge < -0.3 is 9.47 Å². The molecule has 0 radical (unpaired) electrons. The van der Waals surface area contributed by atoms with Crippen molar-refractivity contribution in [1.82, 2.24) is 9.80 Å². The summed E-state index contributed by atoms with van der Waals surface area (Å²) in [4.78, 5) is 57.1. The Morgan fingerprint density at radius 2 is 0.823 bits per heavy atom. The van der Waals surface area contributed by atoms with Gasteiger partial charge in [-0.3, -0.25) is 29.0 Å². The minimum absolute atomic E-state index is 0.0187. The molecule has 2 saturated carbocycles. The molecule has 0 bridgehead atoms. The zero-order valence-electron chi connectivity index (χ0n) is 37.4. The summed E-state index contributed by atoms with van der Waals surface area (Å²) in [6, 6.07) is 15.2. The van der Waals surface area contributed by atoms with Crippen LogP contribution in [0, 0.1) is 0 Å². The highest BCUT2D eigenvalue weighted by Crippen LogP contribution is 2.36. The minimum Gasteiger partial charge on any atom is -0.493 e. The van der Waals surface area contributed by atoms with E-state index in [0.29, 0.717) is 35.5 Å². The maximum Gasteiger partial charge on any atom is 0.261 e. The predicted molar refractivity (Wildman–Crippen MR) is 250 cm³/mol. The molecule has 330 valence electrons. The van der Waals surface area contributed by atoms with E-state index in [0.717, 1.165) is 124 Å². The second-order valence-corrected chi connectivity index (χ2v) is 18.0. The predicted octanol–water partition coefficient (Wildman–Crippen LogP) is 13.4. The van der Waals surface area contributed by atoms with E-state index in [1.54, 1.807) is 12.1 Å². The van der Waals surface area contributed by atoms with Crippen LogP contribution in [0.15, 0.2) is 48.5 Å². The van der Waals surface area contributed by atoms with Gasteiger partial charge in [0.05, 0.1) is 35.5 Å². The van der Waals surface area contributed by atoms with E-state index in [2.05, 4.69) is 13.8 Å². The van der Waals surface area contributed by atoms with Gasteiger partial charge in [0.2, 0.25) is 0 Å². The monoisotopic (exact) mass is 841 g/mol. The topological polar surface area (TPSA) is 93.2 Å². The molecule has 8 nitrogen and oxygen atoms in total. The van der Waals surface area contributed by atoms with Gasteiger partial charge in [0.1, 0.15) is 11.5 Å². The summed E-state index contributed by atoms with van der Waals surface area (Å²) in [5.74, 6) is 0.755. The van der Waals surface area contributed by atoms with Gasteiger partial charge in [-0.25, -0.2) is 0 Å². The zero-order valence-corrected chi connectivity index (χ0v) is 37.4. The van der Waals surface area contributed by atoms with Crippen LogP contribution in [0.4, 0.5) is 0 Å². The number of carbonyl (C=O) groups is 4. The molecule has 2 aliphatic heterocycles. The SMILES string of the molecule is CCCCCCCCOc1cc(/C=C/c2ccc3c(c2)C(=O)N(C2CCCCC2)C3=O)c(OCCCCCCCC)cc1/C=C/c1ccc2c(c1)C(=O)N(C1CCCCC1)C2=O. The average Bonchev–Trinajstić information content (AvgIpc) is 3.70. The standard InChI is InChI=1S/C54H68N2O6/c1-3-5-7-9-11-19-33-61-49-37-42(30-26-40-28-32-46-48(36-40)54(60)56(52(46)58)44-23-17-14-18-24-44)50(62-34-20-12-10-8-6-4-2)38-41(49)29-25-39-27-31-45-47(35-39)53(59)55(51(45)57)43-21-15-13-16-22-43/h25-32,35-38,43-44H,3-24,33-34H2,1-2H3/b29-25+,30-26+. The van der Waals surface area contributed by atoms with E-state index < -0.39 is 0 Å². The molecule has 3 aromatic carbocycles.